The van der Waals surface area contributed by atoms with E-state index >= 15 is 0 Å². The Morgan fingerprint density at radius 3 is 2.84 bits per heavy atom. The fourth-order valence-electron chi connectivity index (χ4n) is 3.16. The van der Waals surface area contributed by atoms with Crippen LogP contribution in [0.25, 0.3) is 22.4 Å². The van der Waals surface area contributed by atoms with Crippen molar-refractivity contribution in [3.63, 3.8) is 0 Å². The molecule has 1 aliphatic carbocycles. The van der Waals surface area contributed by atoms with E-state index in [0.29, 0.717) is 40.8 Å². The molecule has 0 radical (unpaired) electrons. The molecule has 0 spiro atoms. The Bertz CT molecular complexity index is 930. The molecule has 1 aliphatic rings. The molecule has 2 heterocycles. The Morgan fingerprint density at radius 1 is 1.16 bits per heavy atom. The molecule has 2 aromatic heterocycles. The van der Waals surface area contributed by atoms with Gasteiger partial charge < -0.3 is 9.15 Å². The standard InChI is InChI=1S/C20H17NO4/c22-17-8-3-4-9-19(17)25-20(23)14-12-16(18-10-5-11-24-18)21-15-7-2-1-6-13(14)15/h1-2,5-7,10-12,19H,3-4,8-9H2/t19-/m1/s1. The molecule has 1 saturated carbocycles. The van der Waals surface area contributed by atoms with Crippen molar-refractivity contribution < 1.29 is 18.7 Å². The van der Waals surface area contributed by atoms with Gasteiger partial charge in [-0.1, -0.05) is 18.2 Å². The predicted molar refractivity (Wildman–Crippen MR) is 92.1 cm³/mol. The van der Waals surface area contributed by atoms with Crippen LogP contribution in [0.15, 0.2) is 53.1 Å². The largest absolute Gasteiger partial charge is 0.463 e. The molecule has 4 rings (SSSR count). The third kappa shape index (κ3) is 3.05. The van der Waals surface area contributed by atoms with Gasteiger partial charge in [-0.3, -0.25) is 4.79 Å². The lowest BCUT2D eigenvalue weighted by Crippen LogP contribution is -2.30. The van der Waals surface area contributed by atoms with Crippen molar-refractivity contribution >= 4 is 22.7 Å². The van der Waals surface area contributed by atoms with Crippen molar-refractivity contribution in [1.29, 1.82) is 0 Å². The number of hydrogen-bond acceptors (Lipinski definition) is 5. The number of furan rings is 1. The molecule has 25 heavy (non-hydrogen) atoms. The summed E-state index contributed by atoms with van der Waals surface area (Å²) in [7, 11) is 0. The number of esters is 1. The van der Waals surface area contributed by atoms with E-state index in [1.54, 1.807) is 24.5 Å². The Hall–Kier alpha value is -2.95. The van der Waals surface area contributed by atoms with Crippen LogP contribution in [0.3, 0.4) is 0 Å². The fraction of sp³-hybridized carbons (Fsp3) is 0.250. The minimum atomic E-state index is -0.639. The third-order valence-electron chi connectivity index (χ3n) is 4.46. The predicted octanol–water partition coefficient (Wildman–Crippen LogP) is 4.16. The first kappa shape index (κ1) is 15.6. The summed E-state index contributed by atoms with van der Waals surface area (Å²) < 4.78 is 10.9. The smallest absolute Gasteiger partial charge is 0.339 e. The van der Waals surface area contributed by atoms with Crippen LogP contribution in [-0.2, 0) is 9.53 Å². The van der Waals surface area contributed by atoms with Crippen molar-refractivity contribution in [2.45, 2.75) is 31.8 Å². The van der Waals surface area contributed by atoms with Gasteiger partial charge in [-0.05, 0) is 43.5 Å². The van der Waals surface area contributed by atoms with E-state index in [0.717, 1.165) is 12.8 Å². The molecule has 126 valence electrons. The number of benzene rings is 1. The van der Waals surface area contributed by atoms with Gasteiger partial charge >= 0.3 is 5.97 Å². The van der Waals surface area contributed by atoms with Crippen molar-refractivity contribution in [2.75, 3.05) is 0 Å². The van der Waals surface area contributed by atoms with Crippen molar-refractivity contribution in [3.05, 3.63) is 54.3 Å². The number of ketones is 1. The van der Waals surface area contributed by atoms with E-state index in [1.807, 2.05) is 24.3 Å². The van der Waals surface area contributed by atoms with Crippen LogP contribution < -0.4 is 0 Å². The molecule has 1 fully saturated rings. The summed E-state index contributed by atoms with van der Waals surface area (Å²) >= 11 is 0. The van der Waals surface area contributed by atoms with E-state index in [-0.39, 0.29) is 5.78 Å². The second-order valence-corrected chi connectivity index (χ2v) is 6.16. The summed E-state index contributed by atoms with van der Waals surface area (Å²) in [6.45, 7) is 0. The van der Waals surface area contributed by atoms with Gasteiger partial charge in [-0.2, -0.15) is 0 Å². The van der Waals surface area contributed by atoms with E-state index in [1.165, 1.54) is 0 Å². The highest BCUT2D eigenvalue weighted by atomic mass is 16.5. The number of carbonyl (C=O) groups excluding carboxylic acids is 2. The first-order valence-corrected chi connectivity index (χ1v) is 8.40. The van der Waals surface area contributed by atoms with Gasteiger partial charge in [0.1, 0.15) is 5.69 Å². The highest BCUT2D eigenvalue weighted by molar-refractivity contribution is 6.05. The lowest BCUT2D eigenvalue weighted by Gasteiger charge is -2.21. The van der Waals surface area contributed by atoms with Crippen LogP contribution in [0.4, 0.5) is 0 Å². The molecule has 0 saturated heterocycles. The summed E-state index contributed by atoms with van der Waals surface area (Å²) in [5, 5.41) is 0.700. The molecule has 1 atom stereocenters. The zero-order valence-electron chi connectivity index (χ0n) is 13.6. The number of pyridine rings is 1. The second kappa shape index (κ2) is 6.51. The van der Waals surface area contributed by atoms with Crippen LogP contribution >= 0.6 is 0 Å². The maximum atomic E-state index is 12.8. The minimum absolute atomic E-state index is 0.00391. The van der Waals surface area contributed by atoms with Crippen LogP contribution in [0.5, 0.6) is 0 Å². The maximum Gasteiger partial charge on any atom is 0.339 e. The quantitative estimate of drug-likeness (QED) is 0.672. The van der Waals surface area contributed by atoms with Crippen molar-refractivity contribution in [3.8, 4) is 11.5 Å². The van der Waals surface area contributed by atoms with Crippen LogP contribution in [0, 0.1) is 0 Å². The Kier molecular flexibility index (Phi) is 4.06. The summed E-state index contributed by atoms with van der Waals surface area (Å²) in [4.78, 5) is 29.3. The zero-order valence-corrected chi connectivity index (χ0v) is 13.6. The molecule has 1 aromatic carbocycles. The lowest BCUT2D eigenvalue weighted by atomic mass is 9.96. The Labute approximate surface area is 144 Å². The maximum absolute atomic E-state index is 12.8. The van der Waals surface area contributed by atoms with E-state index in [2.05, 4.69) is 4.98 Å². The van der Waals surface area contributed by atoms with Gasteiger partial charge in [0.05, 0.1) is 17.3 Å². The molecular formula is C20H17NO4. The van der Waals surface area contributed by atoms with Crippen LogP contribution in [0.1, 0.15) is 36.0 Å². The van der Waals surface area contributed by atoms with Gasteiger partial charge in [-0.25, -0.2) is 9.78 Å². The summed E-state index contributed by atoms with van der Waals surface area (Å²) in [5.41, 5.74) is 1.64. The molecule has 0 unspecified atom stereocenters. The Balaban J connectivity index is 1.74. The van der Waals surface area contributed by atoms with Gasteiger partial charge in [0, 0.05) is 11.8 Å². The molecular weight excluding hydrogens is 318 g/mol. The number of aromatic nitrogens is 1. The fourth-order valence-corrected chi connectivity index (χ4v) is 3.16. The van der Waals surface area contributed by atoms with E-state index in [4.69, 9.17) is 9.15 Å². The average molecular weight is 335 g/mol. The number of fused-ring (bicyclic) bond motifs is 1. The molecule has 3 aromatic rings. The van der Waals surface area contributed by atoms with E-state index < -0.39 is 12.1 Å². The highest BCUT2D eigenvalue weighted by Crippen LogP contribution is 2.27. The zero-order chi connectivity index (χ0) is 17.2. The normalized spacial score (nSPS) is 17.6. The molecule has 5 heteroatoms. The Morgan fingerprint density at radius 2 is 2.04 bits per heavy atom. The molecule has 0 bridgehead atoms. The first-order valence-electron chi connectivity index (χ1n) is 8.40. The number of ether oxygens (including phenoxy) is 1. The summed E-state index contributed by atoms with van der Waals surface area (Å²) in [5.74, 6) is 0.0874. The van der Waals surface area contributed by atoms with Crippen LogP contribution in [0.2, 0.25) is 0 Å². The summed E-state index contributed by atoms with van der Waals surface area (Å²) in [6, 6.07) is 12.6. The first-order chi connectivity index (χ1) is 12.2. The molecule has 0 amide bonds. The number of nitrogens with zero attached hydrogens (tertiary/aromatic N) is 1. The van der Waals surface area contributed by atoms with Crippen molar-refractivity contribution in [2.24, 2.45) is 0 Å². The van der Waals surface area contributed by atoms with Crippen LogP contribution in [-0.4, -0.2) is 22.8 Å². The lowest BCUT2D eigenvalue weighted by molar-refractivity contribution is -0.129. The van der Waals surface area contributed by atoms with E-state index in [9.17, 15) is 9.59 Å². The number of Topliss-reactive ketones (excluding diaryl/α,β-unsaturated/α-hetero) is 1. The van der Waals surface area contributed by atoms with Gasteiger partial charge in [0.25, 0.3) is 0 Å². The SMILES string of the molecule is O=C(O[C@@H]1CCCCC1=O)c1cc(-c2ccco2)nc2ccccc12. The molecule has 0 aliphatic heterocycles. The monoisotopic (exact) mass is 335 g/mol. The topological polar surface area (TPSA) is 69.4 Å². The third-order valence-corrected chi connectivity index (χ3v) is 4.46. The van der Waals surface area contributed by atoms with Crippen molar-refractivity contribution in [1.82, 2.24) is 4.98 Å². The summed E-state index contributed by atoms with van der Waals surface area (Å²) in [6.07, 6.45) is 3.77. The number of carbonyl (C=O) groups is 2. The number of hydrogen-bond donors (Lipinski definition) is 0. The van der Waals surface area contributed by atoms with Gasteiger partial charge in [0.15, 0.2) is 17.6 Å². The molecule has 0 N–H and O–H groups in total. The minimum Gasteiger partial charge on any atom is -0.463 e. The average Bonchev–Trinajstić information content (AvgIpc) is 3.17. The van der Waals surface area contributed by atoms with Gasteiger partial charge in [-0.15, -0.1) is 0 Å². The van der Waals surface area contributed by atoms with Gasteiger partial charge in [0.2, 0.25) is 0 Å². The second-order valence-electron chi connectivity index (χ2n) is 6.16. The number of para-hydroxylation sites is 1. The number of rotatable bonds is 3. The molecule has 5 nitrogen and oxygen atoms in total. The highest BCUT2D eigenvalue weighted by Gasteiger charge is 2.27.